The van der Waals surface area contributed by atoms with Crippen molar-refractivity contribution >= 4 is 11.5 Å². The van der Waals surface area contributed by atoms with Crippen LogP contribution in [0.2, 0.25) is 0 Å². The van der Waals surface area contributed by atoms with Gasteiger partial charge in [-0.25, -0.2) is 27.1 Å². The molecule has 6 rings (SSSR count). The summed E-state index contributed by atoms with van der Waals surface area (Å²) in [6.45, 7) is 0.386. The summed E-state index contributed by atoms with van der Waals surface area (Å²) >= 11 is 0. The zero-order valence-electron chi connectivity index (χ0n) is 17.3. The van der Waals surface area contributed by atoms with E-state index in [1.165, 1.54) is 29.0 Å². The van der Waals surface area contributed by atoms with Gasteiger partial charge in [-0.15, -0.1) is 5.10 Å². The Hall–Kier alpha value is -4.22. The molecule has 0 saturated heterocycles. The molecule has 1 N–H and O–H groups in total. The monoisotopic (exact) mass is 469 g/mol. The zero-order valence-corrected chi connectivity index (χ0v) is 17.3. The average molecular weight is 469 g/mol. The molecule has 0 saturated carbocycles. The highest BCUT2D eigenvalue weighted by atomic mass is 19.3. The summed E-state index contributed by atoms with van der Waals surface area (Å²) < 4.78 is 62.4. The minimum absolute atomic E-state index is 0.00226. The Labute approximate surface area is 188 Å². The lowest BCUT2D eigenvalue weighted by molar-refractivity contribution is 0.143. The lowest BCUT2D eigenvalue weighted by Gasteiger charge is -2.32. The average Bonchev–Trinajstić information content (AvgIpc) is 3.56. The Morgan fingerprint density at radius 2 is 1.85 bits per heavy atom. The van der Waals surface area contributed by atoms with Crippen molar-refractivity contribution < 1.29 is 22.0 Å². The van der Waals surface area contributed by atoms with E-state index >= 15 is 0 Å². The van der Waals surface area contributed by atoms with Crippen molar-refractivity contribution in [2.24, 2.45) is 0 Å². The number of rotatable bonds is 4. The normalized spacial score (nSPS) is 15.9. The van der Waals surface area contributed by atoms with Gasteiger partial charge in [0, 0.05) is 18.7 Å². The first-order chi connectivity index (χ1) is 16.5. The van der Waals surface area contributed by atoms with E-state index < -0.39 is 29.7 Å². The van der Waals surface area contributed by atoms with Gasteiger partial charge in [0.05, 0.1) is 23.2 Å². The second kappa shape index (κ2) is 7.68. The molecule has 172 valence electrons. The van der Waals surface area contributed by atoms with Crippen LogP contribution in [-0.4, -0.2) is 36.3 Å². The third-order valence-electron chi connectivity index (χ3n) is 5.80. The van der Waals surface area contributed by atoms with E-state index in [-0.39, 0.29) is 17.6 Å². The van der Waals surface area contributed by atoms with E-state index in [4.69, 9.17) is 4.42 Å². The summed E-state index contributed by atoms with van der Waals surface area (Å²) in [5, 5.41) is 12.3. The number of benzene rings is 1. The van der Waals surface area contributed by atoms with Crippen LogP contribution in [-0.2, 0) is 6.42 Å². The van der Waals surface area contributed by atoms with Crippen LogP contribution in [0.5, 0.6) is 0 Å². The second-order valence-corrected chi connectivity index (χ2v) is 7.76. The van der Waals surface area contributed by atoms with Gasteiger partial charge in [0.2, 0.25) is 0 Å². The number of alkyl halides is 2. The van der Waals surface area contributed by atoms with Crippen molar-refractivity contribution in [2.45, 2.75) is 18.9 Å². The van der Waals surface area contributed by atoms with E-state index in [1.54, 1.807) is 17.0 Å². The number of nitrogens with zero attached hydrogens (tertiary/aromatic N) is 6. The van der Waals surface area contributed by atoms with Crippen molar-refractivity contribution in [1.82, 2.24) is 29.8 Å². The predicted molar refractivity (Wildman–Crippen MR) is 111 cm³/mol. The number of halogens is 4. The van der Waals surface area contributed by atoms with Gasteiger partial charge in [0.15, 0.2) is 0 Å². The Morgan fingerprint density at radius 1 is 1.06 bits per heavy atom. The highest BCUT2D eigenvalue weighted by Crippen LogP contribution is 2.38. The molecule has 0 bridgehead atoms. The molecule has 8 nitrogen and oxygen atoms in total. The summed E-state index contributed by atoms with van der Waals surface area (Å²) in [6, 6.07) is 8.98. The molecule has 1 aliphatic heterocycles. The summed E-state index contributed by atoms with van der Waals surface area (Å²) in [4.78, 5) is 9.18. The Kier molecular flexibility index (Phi) is 4.61. The first-order valence-corrected chi connectivity index (χ1v) is 10.3. The Balaban J connectivity index is 1.47. The maximum atomic E-state index is 14.2. The quantitative estimate of drug-likeness (QED) is 0.391. The Morgan fingerprint density at radius 3 is 2.65 bits per heavy atom. The third kappa shape index (κ3) is 3.13. The molecular weight excluding hydrogens is 454 g/mol. The minimum Gasteiger partial charge on any atom is -0.403 e. The van der Waals surface area contributed by atoms with E-state index in [9.17, 15) is 17.6 Å². The molecule has 5 heterocycles. The van der Waals surface area contributed by atoms with Crippen LogP contribution in [0.4, 0.5) is 23.6 Å². The van der Waals surface area contributed by atoms with Crippen molar-refractivity contribution in [3.63, 3.8) is 0 Å². The number of H-pyrrole nitrogens is 1. The fourth-order valence-electron chi connectivity index (χ4n) is 4.27. The smallest absolute Gasteiger partial charge is 0.319 e. The summed E-state index contributed by atoms with van der Waals surface area (Å²) in [5.41, 5.74) is 1.71. The highest BCUT2D eigenvalue weighted by molar-refractivity contribution is 5.57. The number of aromatic nitrogens is 6. The number of nitrogens with one attached hydrogen (secondary N) is 1. The number of pyridine rings is 1. The maximum Gasteiger partial charge on any atom is 0.319 e. The summed E-state index contributed by atoms with van der Waals surface area (Å²) in [5.74, 6) is -1.98. The third-order valence-corrected chi connectivity index (χ3v) is 5.80. The number of hydrogen-bond acceptors (Lipinski definition) is 6. The number of fused-ring (bicyclic) bond motifs is 2. The first-order valence-electron chi connectivity index (χ1n) is 10.3. The molecule has 1 atom stereocenters. The van der Waals surface area contributed by atoms with Crippen molar-refractivity contribution in [3.05, 3.63) is 83.2 Å². The molecule has 12 heteroatoms. The van der Waals surface area contributed by atoms with Gasteiger partial charge in [-0.3, -0.25) is 0 Å². The molecule has 5 aromatic rings. The topological polar surface area (TPSA) is 88.1 Å². The largest absolute Gasteiger partial charge is 0.403 e. The van der Waals surface area contributed by atoms with Crippen LogP contribution in [0.25, 0.3) is 17.0 Å². The number of anilines is 1. The van der Waals surface area contributed by atoms with Gasteiger partial charge in [-0.1, -0.05) is 17.2 Å². The molecule has 1 aliphatic rings. The number of imidazole rings is 1. The SMILES string of the molecule is Fc1cccc(F)c1-c1nnc(N2CCc3[nH]cnc3[C@H]2c2cc3cccc(C(F)F)n3n2)o1. The molecule has 0 radical (unpaired) electrons. The van der Waals surface area contributed by atoms with Crippen LogP contribution >= 0.6 is 0 Å². The van der Waals surface area contributed by atoms with Crippen LogP contribution in [0, 0.1) is 11.6 Å². The molecule has 1 aromatic carbocycles. The fourth-order valence-corrected chi connectivity index (χ4v) is 4.27. The first kappa shape index (κ1) is 20.4. The predicted octanol–water partition coefficient (Wildman–Crippen LogP) is 4.48. The van der Waals surface area contributed by atoms with Crippen molar-refractivity contribution in [2.75, 3.05) is 11.4 Å². The molecule has 4 aromatic heterocycles. The van der Waals surface area contributed by atoms with Crippen LogP contribution in [0.3, 0.4) is 0 Å². The van der Waals surface area contributed by atoms with Crippen LogP contribution in [0.15, 0.2) is 53.2 Å². The van der Waals surface area contributed by atoms with Crippen LogP contribution in [0.1, 0.15) is 35.2 Å². The van der Waals surface area contributed by atoms with E-state index in [2.05, 4.69) is 25.3 Å². The standard InChI is InChI=1S/C22H15F4N7O/c23-12-4-2-5-13(24)17(12)21-29-30-22(34-21)32-8-7-14-18(28-10-27-14)19(32)15-9-11-3-1-6-16(20(25)26)33(11)31-15/h1-6,9-10,19-20H,7-8H2,(H,27,28)/t19-/m1/s1. The highest BCUT2D eigenvalue weighted by Gasteiger charge is 2.36. The molecule has 34 heavy (non-hydrogen) atoms. The van der Waals surface area contributed by atoms with E-state index in [0.29, 0.717) is 29.9 Å². The zero-order chi connectivity index (χ0) is 23.4. The van der Waals surface area contributed by atoms with Gasteiger partial charge < -0.3 is 14.3 Å². The maximum absolute atomic E-state index is 14.2. The van der Waals surface area contributed by atoms with Gasteiger partial charge in [0.1, 0.15) is 28.9 Å². The lowest BCUT2D eigenvalue weighted by Crippen LogP contribution is -2.37. The Bertz CT molecular complexity index is 1490. The summed E-state index contributed by atoms with van der Waals surface area (Å²) in [6.07, 6.45) is -0.628. The van der Waals surface area contributed by atoms with Gasteiger partial charge >= 0.3 is 6.01 Å². The lowest BCUT2D eigenvalue weighted by atomic mass is 10.0. The van der Waals surface area contributed by atoms with Gasteiger partial charge in [0.25, 0.3) is 12.3 Å². The molecule has 0 amide bonds. The van der Waals surface area contributed by atoms with Crippen LogP contribution < -0.4 is 4.90 Å². The molecular formula is C22H15F4N7O. The van der Waals surface area contributed by atoms with Gasteiger partial charge in [-0.2, -0.15) is 5.10 Å². The second-order valence-electron chi connectivity index (χ2n) is 7.76. The fraction of sp³-hybridized carbons (Fsp3) is 0.182. The van der Waals surface area contributed by atoms with Crippen molar-refractivity contribution in [1.29, 1.82) is 0 Å². The summed E-state index contributed by atoms with van der Waals surface area (Å²) in [7, 11) is 0. The molecule has 0 spiro atoms. The van der Waals surface area contributed by atoms with E-state index in [0.717, 1.165) is 17.8 Å². The molecule has 0 unspecified atom stereocenters. The molecule has 0 fully saturated rings. The minimum atomic E-state index is -2.71. The van der Waals surface area contributed by atoms with Gasteiger partial charge in [-0.05, 0) is 30.3 Å². The van der Waals surface area contributed by atoms with Crippen molar-refractivity contribution in [3.8, 4) is 11.5 Å². The number of aromatic amines is 1. The van der Waals surface area contributed by atoms with E-state index in [1.807, 2.05) is 0 Å². The number of hydrogen-bond donors (Lipinski definition) is 1. The molecule has 0 aliphatic carbocycles.